The molecule has 0 bridgehead atoms. The van der Waals surface area contributed by atoms with Crippen LogP contribution in [0.2, 0.25) is 0 Å². The van der Waals surface area contributed by atoms with Crippen LogP contribution in [0.4, 0.5) is 0 Å². The molecule has 1 fully saturated rings. The van der Waals surface area contributed by atoms with Crippen LogP contribution in [-0.2, 0) is 11.2 Å². The molecule has 1 aromatic rings. The highest BCUT2D eigenvalue weighted by Gasteiger charge is 2.31. The van der Waals surface area contributed by atoms with E-state index in [2.05, 4.69) is 38.1 Å². The van der Waals surface area contributed by atoms with E-state index in [-0.39, 0.29) is 5.92 Å². The molecule has 2 heteroatoms. The van der Waals surface area contributed by atoms with E-state index in [4.69, 9.17) is 5.73 Å². The van der Waals surface area contributed by atoms with Gasteiger partial charge in [-0.25, -0.2) is 0 Å². The minimum absolute atomic E-state index is 0.203. The van der Waals surface area contributed by atoms with Gasteiger partial charge in [-0.15, -0.1) is 0 Å². The lowest BCUT2D eigenvalue weighted by Gasteiger charge is -2.16. The summed E-state index contributed by atoms with van der Waals surface area (Å²) in [7, 11) is 0. The van der Waals surface area contributed by atoms with Crippen LogP contribution in [0.3, 0.4) is 0 Å². The maximum atomic E-state index is 12.3. The number of ketones is 1. The highest BCUT2D eigenvalue weighted by Crippen LogP contribution is 2.32. The Bertz CT molecular complexity index is 421. The minimum atomic E-state index is 0.203. The molecule has 1 saturated carbocycles. The zero-order valence-electron chi connectivity index (χ0n) is 12.1. The molecule has 1 aromatic carbocycles. The fourth-order valence-electron chi connectivity index (χ4n) is 3.10. The highest BCUT2D eigenvalue weighted by molar-refractivity contribution is 5.83. The first-order valence-electron chi connectivity index (χ1n) is 7.43. The first kappa shape index (κ1) is 14.3. The number of benzene rings is 1. The second-order valence-corrected chi connectivity index (χ2v) is 6.07. The molecule has 0 aliphatic heterocycles. The van der Waals surface area contributed by atoms with Gasteiger partial charge in [-0.05, 0) is 42.3 Å². The van der Waals surface area contributed by atoms with E-state index in [0.29, 0.717) is 30.6 Å². The molecule has 0 spiro atoms. The van der Waals surface area contributed by atoms with Crippen LogP contribution in [0.25, 0.3) is 0 Å². The van der Waals surface area contributed by atoms with Gasteiger partial charge in [0.05, 0.1) is 0 Å². The Morgan fingerprint density at radius 1 is 1.26 bits per heavy atom. The maximum absolute atomic E-state index is 12.3. The molecule has 2 N–H and O–H groups in total. The lowest BCUT2D eigenvalue weighted by atomic mass is 9.88. The molecule has 0 radical (unpaired) electrons. The van der Waals surface area contributed by atoms with Crippen LogP contribution in [0.1, 0.15) is 50.2 Å². The van der Waals surface area contributed by atoms with Crippen molar-refractivity contribution in [3.8, 4) is 0 Å². The Hall–Kier alpha value is -1.15. The molecule has 1 aliphatic rings. The summed E-state index contributed by atoms with van der Waals surface area (Å²) in [6.07, 6.45) is 3.88. The number of nitrogens with two attached hydrogens (primary N) is 1. The third-order valence-electron chi connectivity index (χ3n) is 4.40. The van der Waals surface area contributed by atoms with E-state index in [1.807, 2.05) is 0 Å². The molecule has 0 saturated heterocycles. The zero-order valence-corrected chi connectivity index (χ0v) is 12.1. The molecule has 2 rings (SSSR count). The number of rotatable bonds is 5. The summed E-state index contributed by atoms with van der Waals surface area (Å²) >= 11 is 0. The van der Waals surface area contributed by atoms with E-state index in [1.165, 1.54) is 5.56 Å². The molecular weight excluding hydrogens is 234 g/mol. The smallest absolute Gasteiger partial charge is 0.140 e. The number of carbonyl (C=O) groups is 1. The van der Waals surface area contributed by atoms with Crippen LogP contribution in [0.5, 0.6) is 0 Å². The predicted molar refractivity (Wildman–Crippen MR) is 79.1 cm³/mol. The van der Waals surface area contributed by atoms with Crippen molar-refractivity contribution in [3.05, 3.63) is 35.4 Å². The minimum Gasteiger partial charge on any atom is -0.330 e. The Kier molecular flexibility index (Phi) is 4.76. The van der Waals surface area contributed by atoms with Crippen LogP contribution in [0, 0.1) is 11.8 Å². The van der Waals surface area contributed by atoms with Gasteiger partial charge in [0.15, 0.2) is 0 Å². The van der Waals surface area contributed by atoms with E-state index in [1.54, 1.807) is 0 Å². The van der Waals surface area contributed by atoms with Gasteiger partial charge < -0.3 is 5.73 Å². The van der Waals surface area contributed by atoms with Gasteiger partial charge in [0, 0.05) is 12.3 Å². The molecule has 104 valence electrons. The van der Waals surface area contributed by atoms with Crippen molar-refractivity contribution < 1.29 is 4.79 Å². The topological polar surface area (TPSA) is 43.1 Å². The largest absolute Gasteiger partial charge is 0.330 e. The van der Waals surface area contributed by atoms with E-state index in [9.17, 15) is 4.79 Å². The fourth-order valence-corrected chi connectivity index (χ4v) is 3.10. The van der Waals surface area contributed by atoms with E-state index < -0.39 is 0 Å². The van der Waals surface area contributed by atoms with Gasteiger partial charge in [-0.3, -0.25) is 4.79 Å². The third-order valence-corrected chi connectivity index (χ3v) is 4.40. The number of hydrogen-bond acceptors (Lipinski definition) is 2. The molecular formula is C17H25NO. The van der Waals surface area contributed by atoms with Gasteiger partial charge in [0.1, 0.15) is 5.78 Å². The van der Waals surface area contributed by atoms with Gasteiger partial charge >= 0.3 is 0 Å². The van der Waals surface area contributed by atoms with Gasteiger partial charge in [0.25, 0.3) is 0 Å². The van der Waals surface area contributed by atoms with Crippen molar-refractivity contribution in [1.29, 1.82) is 0 Å². The molecule has 1 aliphatic carbocycles. The lowest BCUT2D eigenvalue weighted by molar-refractivity contribution is -0.123. The van der Waals surface area contributed by atoms with Crippen molar-refractivity contribution in [1.82, 2.24) is 0 Å². The summed E-state index contributed by atoms with van der Waals surface area (Å²) in [5.74, 6) is 1.55. The Morgan fingerprint density at radius 2 is 1.95 bits per heavy atom. The van der Waals surface area contributed by atoms with Gasteiger partial charge in [-0.1, -0.05) is 44.5 Å². The molecule has 2 nitrogen and oxygen atoms in total. The van der Waals surface area contributed by atoms with Crippen LogP contribution in [-0.4, -0.2) is 12.3 Å². The fraction of sp³-hybridized carbons (Fsp3) is 0.588. The molecule has 0 amide bonds. The highest BCUT2D eigenvalue weighted by atomic mass is 16.1. The summed E-state index contributed by atoms with van der Waals surface area (Å²) in [6, 6.07) is 8.48. The van der Waals surface area contributed by atoms with Gasteiger partial charge in [-0.2, -0.15) is 0 Å². The SMILES string of the molecule is CC(C)c1ccc(CC(=O)C2CCCC2CN)cc1. The average Bonchev–Trinajstić information content (AvgIpc) is 2.87. The van der Waals surface area contributed by atoms with E-state index in [0.717, 1.165) is 24.8 Å². The van der Waals surface area contributed by atoms with Gasteiger partial charge in [0.2, 0.25) is 0 Å². The van der Waals surface area contributed by atoms with Crippen molar-refractivity contribution >= 4 is 5.78 Å². The second kappa shape index (κ2) is 6.33. The Labute approximate surface area is 116 Å². The Balaban J connectivity index is 1.98. The van der Waals surface area contributed by atoms with Crippen molar-refractivity contribution in [2.75, 3.05) is 6.54 Å². The summed E-state index contributed by atoms with van der Waals surface area (Å²) < 4.78 is 0. The second-order valence-electron chi connectivity index (χ2n) is 6.07. The summed E-state index contributed by atoms with van der Waals surface area (Å²) in [4.78, 5) is 12.3. The summed E-state index contributed by atoms with van der Waals surface area (Å²) in [5.41, 5.74) is 8.22. The first-order chi connectivity index (χ1) is 9.11. The van der Waals surface area contributed by atoms with Crippen LogP contribution >= 0.6 is 0 Å². The number of hydrogen-bond donors (Lipinski definition) is 1. The normalized spacial score (nSPS) is 22.9. The molecule has 2 atom stereocenters. The number of carbonyl (C=O) groups excluding carboxylic acids is 1. The van der Waals surface area contributed by atoms with E-state index >= 15 is 0 Å². The lowest BCUT2D eigenvalue weighted by Crippen LogP contribution is -2.26. The summed E-state index contributed by atoms with van der Waals surface area (Å²) in [5, 5.41) is 0. The predicted octanol–water partition coefficient (Wildman–Crippen LogP) is 3.30. The van der Waals surface area contributed by atoms with Crippen molar-refractivity contribution in [2.24, 2.45) is 17.6 Å². The standard InChI is InChI=1S/C17H25NO/c1-12(2)14-8-6-13(7-9-14)10-17(19)16-5-3-4-15(16)11-18/h6-9,12,15-16H,3-5,10-11,18H2,1-2H3. The van der Waals surface area contributed by atoms with Crippen molar-refractivity contribution in [3.63, 3.8) is 0 Å². The monoisotopic (exact) mass is 259 g/mol. The molecule has 0 aromatic heterocycles. The molecule has 19 heavy (non-hydrogen) atoms. The number of Topliss-reactive ketones (excluding diaryl/α,β-unsaturated/α-hetero) is 1. The molecule has 2 unspecified atom stereocenters. The first-order valence-corrected chi connectivity index (χ1v) is 7.43. The third kappa shape index (κ3) is 3.44. The van der Waals surface area contributed by atoms with Crippen molar-refractivity contribution in [2.45, 2.75) is 45.4 Å². The quantitative estimate of drug-likeness (QED) is 0.881. The average molecular weight is 259 g/mol. The summed E-state index contributed by atoms with van der Waals surface area (Å²) in [6.45, 7) is 5.03. The maximum Gasteiger partial charge on any atom is 0.140 e. The van der Waals surface area contributed by atoms with Crippen LogP contribution < -0.4 is 5.73 Å². The zero-order chi connectivity index (χ0) is 13.8. The molecule has 0 heterocycles. The van der Waals surface area contributed by atoms with Crippen LogP contribution in [0.15, 0.2) is 24.3 Å². The Morgan fingerprint density at radius 3 is 2.53 bits per heavy atom.